The zero-order valence-corrected chi connectivity index (χ0v) is 14.1. The molecule has 21 heavy (non-hydrogen) atoms. The van der Waals surface area contributed by atoms with E-state index in [1.807, 2.05) is 0 Å². The van der Waals surface area contributed by atoms with Crippen LogP contribution in [0.1, 0.15) is 68.7 Å². The van der Waals surface area contributed by atoms with Gasteiger partial charge in [-0.05, 0) is 48.9 Å². The molecule has 1 aromatic rings. The molecule has 1 saturated heterocycles. The van der Waals surface area contributed by atoms with Crippen molar-refractivity contribution in [1.29, 1.82) is 0 Å². The van der Waals surface area contributed by atoms with E-state index in [-0.39, 0.29) is 6.04 Å². The largest absolute Gasteiger partial charge is 0.507 e. The van der Waals surface area contributed by atoms with Crippen LogP contribution >= 0.6 is 0 Å². The fourth-order valence-corrected chi connectivity index (χ4v) is 3.57. The Kier molecular flexibility index (Phi) is 4.95. The van der Waals surface area contributed by atoms with Gasteiger partial charge in [-0.2, -0.15) is 0 Å². The Labute approximate surface area is 129 Å². The van der Waals surface area contributed by atoms with Gasteiger partial charge in [-0.25, -0.2) is 0 Å². The fraction of sp³-hybridized carbons (Fsp3) is 0.667. The Bertz CT molecular complexity index is 496. The van der Waals surface area contributed by atoms with Crippen molar-refractivity contribution < 1.29 is 5.11 Å². The average molecular weight is 290 g/mol. The molecule has 3 N–H and O–H groups in total. The lowest BCUT2D eigenvalue weighted by Gasteiger charge is -2.27. The van der Waals surface area contributed by atoms with E-state index in [1.54, 1.807) is 0 Å². The van der Waals surface area contributed by atoms with Gasteiger partial charge in [0.15, 0.2) is 0 Å². The van der Waals surface area contributed by atoms with Crippen molar-refractivity contribution in [3.8, 4) is 5.75 Å². The molecular formula is C18H30N2O. The molecule has 0 aliphatic carbocycles. The third kappa shape index (κ3) is 3.09. The second-order valence-electron chi connectivity index (χ2n) is 7.11. The van der Waals surface area contributed by atoms with Crippen LogP contribution in [0.2, 0.25) is 0 Å². The number of aromatic hydroxyl groups is 1. The van der Waals surface area contributed by atoms with E-state index in [2.05, 4.69) is 51.8 Å². The number of hydrogen-bond donors (Lipinski definition) is 2. The van der Waals surface area contributed by atoms with Gasteiger partial charge in [0.2, 0.25) is 0 Å². The zero-order chi connectivity index (χ0) is 15.7. The topological polar surface area (TPSA) is 49.5 Å². The molecule has 0 aromatic heterocycles. The minimum absolute atomic E-state index is 0.287. The van der Waals surface area contributed by atoms with Crippen LogP contribution in [0.15, 0.2) is 12.1 Å². The van der Waals surface area contributed by atoms with Crippen molar-refractivity contribution in [2.45, 2.75) is 52.0 Å². The third-order valence-corrected chi connectivity index (χ3v) is 4.83. The van der Waals surface area contributed by atoms with Crippen LogP contribution in [0, 0.1) is 5.92 Å². The first-order valence-corrected chi connectivity index (χ1v) is 8.12. The molecule has 118 valence electrons. The lowest BCUT2D eigenvalue weighted by Crippen LogP contribution is -2.21. The van der Waals surface area contributed by atoms with Crippen LogP contribution in [0.25, 0.3) is 0 Å². The molecule has 0 spiro atoms. The summed E-state index contributed by atoms with van der Waals surface area (Å²) < 4.78 is 0. The molecule has 0 bridgehead atoms. The van der Waals surface area contributed by atoms with Gasteiger partial charge in [0, 0.05) is 18.2 Å². The van der Waals surface area contributed by atoms with Crippen LogP contribution < -0.4 is 5.73 Å². The minimum atomic E-state index is 0.287. The van der Waals surface area contributed by atoms with Crippen LogP contribution in [-0.4, -0.2) is 30.1 Å². The second-order valence-corrected chi connectivity index (χ2v) is 7.11. The SMILES string of the molecule is CC(C)c1ccc(C(C)C)c(C2CC(CN)CN2C)c1O. The van der Waals surface area contributed by atoms with E-state index in [0.717, 1.165) is 30.6 Å². The van der Waals surface area contributed by atoms with E-state index in [0.29, 0.717) is 23.5 Å². The van der Waals surface area contributed by atoms with Gasteiger partial charge in [-0.15, -0.1) is 0 Å². The molecule has 1 aromatic carbocycles. The Balaban J connectivity index is 2.51. The number of rotatable bonds is 4. The first-order valence-electron chi connectivity index (χ1n) is 8.12. The number of nitrogens with zero attached hydrogens (tertiary/aromatic N) is 1. The van der Waals surface area contributed by atoms with Crippen molar-refractivity contribution >= 4 is 0 Å². The Morgan fingerprint density at radius 3 is 2.24 bits per heavy atom. The summed E-state index contributed by atoms with van der Waals surface area (Å²) in [7, 11) is 2.14. The molecule has 1 aliphatic rings. The van der Waals surface area contributed by atoms with E-state index >= 15 is 0 Å². The number of likely N-dealkylation sites (tertiary alicyclic amines) is 1. The van der Waals surface area contributed by atoms with Crippen molar-refractivity contribution in [3.63, 3.8) is 0 Å². The van der Waals surface area contributed by atoms with E-state index in [1.165, 1.54) is 5.56 Å². The number of benzene rings is 1. The predicted octanol–water partition coefficient (Wildman–Crippen LogP) is 3.59. The van der Waals surface area contributed by atoms with E-state index < -0.39 is 0 Å². The van der Waals surface area contributed by atoms with Crippen molar-refractivity contribution in [1.82, 2.24) is 4.90 Å². The molecule has 0 amide bonds. The second kappa shape index (κ2) is 6.37. The monoisotopic (exact) mass is 290 g/mol. The molecule has 1 aliphatic heterocycles. The number of nitrogens with two attached hydrogens (primary N) is 1. The highest BCUT2D eigenvalue weighted by Gasteiger charge is 2.34. The van der Waals surface area contributed by atoms with Gasteiger partial charge in [-0.1, -0.05) is 39.8 Å². The Morgan fingerprint density at radius 1 is 1.19 bits per heavy atom. The summed E-state index contributed by atoms with van der Waals surface area (Å²) in [6.07, 6.45) is 1.04. The normalized spacial score (nSPS) is 23.4. The molecule has 2 unspecified atom stereocenters. The highest BCUT2D eigenvalue weighted by Crippen LogP contribution is 2.44. The highest BCUT2D eigenvalue weighted by molar-refractivity contribution is 5.50. The molecule has 1 fully saturated rings. The number of phenolic OH excluding ortho intramolecular Hbond substituents is 1. The van der Waals surface area contributed by atoms with Crippen LogP contribution in [0.5, 0.6) is 5.75 Å². The maximum Gasteiger partial charge on any atom is 0.124 e. The summed E-state index contributed by atoms with van der Waals surface area (Å²) in [5.74, 6) is 1.78. The minimum Gasteiger partial charge on any atom is -0.507 e. The summed E-state index contributed by atoms with van der Waals surface area (Å²) in [4.78, 5) is 2.35. The van der Waals surface area contributed by atoms with Gasteiger partial charge in [0.1, 0.15) is 5.75 Å². The standard InChI is InChI=1S/C18H30N2O/c1-11(2)14-6-7-15(12(3)4)18(21)17(14)16-8-13(9-19)10-20(16)5/h6-7,11-13,16,21H,8-10,19H2,1-5H3. The van der Waals surface area contributed by atoms with Gasteiger partial charge in [0.05, 0.1) is 0 Å². The maximum absolute atomic E-state index is 10.9. The number of hydrogen-bond acceptors (Lipinski definition) is 3. The van der Waals surface area contributed by atoms with Crippen LogP contribution in [-0.2, 0) is 0 Å². The van der Waals surface area contributed by atoms with E-state index in [9.17, 15) is 5.11 Å². The molecule has 3 heteroatoms. The van der Waals surface area contributed by atoms with Crippen molar-refractivity contribution in [3.05, 3.63) is 28.8 Å². The third-order valence-electron chi connectivity index (χ3n) is 4.83. The summed E-state index contributed by atoms with van der Waals surface area (Å²) in [5.41, 5.74) is 9.32. The van der Waals surface area contributed by atoms with Crippen molar-refractivity contribution in [2.24, 2.45) is 11.7 Å². The van der Waals surface area contributed by atoms with Gasteiger partial charge in [-0.3, -0.25) is 4.90 Å². The molecule has 0 radical (unpaired) electrons. The summed E-state index contributed by atoms with van der Waals surface area (Å²) >= 11 is 0. The Hall–Kier alpha value is -1.06. The Morgan fingerprint density at radius 2 is 1.76 bits per heavy atom. The first-order chi connectivity index (χ1) is 9.86. The van der Waals surface area contributed by atoms with Gasteiger partial charge < -0.3 is 10.8 Å². The van der Waals surface area contributed by atoms with Gasteiger partial charge in [0.25, 0.3) is 0 Å². The van der Waals surface area contributed by atoms with Gasteiger partial charge >= 0.3 is 0 Å². The lowest BCUT2D eigenvalue weighted by molar-refractivity contribution is 0.303. The number of phenols is 1. The lowest BCUT2D eigenvalue weighted by atomic mass is 9.86. The quantitative estimate of drug-likeness (QED) is 0.891. The van der Waals surface area contributed by atoms with E-state index in [4.69, 9.17) is 5.73 Å². The highest BCUT2D eigenvalue weighted by atomic mass is 16.3. The summed E-state index contributed by atoms with van der Waals surface area (Å²) in [6.45, 7) is 10.4. The first kappa shape index (κ1) is 16.3. The molecule has 2 rings (SSSR count). The molecule has 0 saturated carbocycles. The fourth-order valence-electron chi connectivity index (χ4n) is 3.57. The summed E-state index contributed by atoms with van der Waals surface area (Å²) in [6, 6.07) is 4.59. The van der Waals surface area contributed by atoms with Crippen molar-refractivity contribution in [2.75, 3.05) is 20.1 Å². The molecule has 2 atom stereocenters. The molecular weight excluding hydrogens is 260 g/mol. The molecule has 1 heterocycles. The predicted molar refractivity (Wildman–Crippen MR) is 88.8 cm³/mol. The van der Waals surface area contributed by atoms with Crippen LogP contribution in [0.3, 0.4) is 0 Å². The maximum atomic E-state index is 10.9. The summed E-state index contributed by atoms with van der Waals surface area (Å²) in [5, 5.41) is 10.9. The zero-order valence-electron chi connectivity index (χ0n) is 14.1. The molecule has 3 nitrogen and oxygen atoms in total. The average Bonchev–Trinajstić information content (AvgIpc) is 2.78. The smallest absolute Gasteiger partial charge is 0.124 e. The van der Waals surface area contributed by atoms with Crippen LogP contribution in [0.4, 0.5) is 0 Å².